The van der Waals surface area contributed by atoms with E-state index in [1.807, 2.05) is 0 Å². The number of nitrogens with one attached hydrogen (secondary N) is 1. The summed E-state index contributed by atoms with van der Waals surface area (Å²) in [4.78, 5) is 12.9. The summed E-state index contributed by atoms with van der Waals surface area (Å²) in [5, 5.41) is 65.0. The Balaban J connectivity index is 2.41. The van der Waals surface area contributed by atoms with E-state index in [2.05, 4.69) is 19.2 Å². The van der Waals surface area contributed by atoms with Gasteiger partial charge < -0.3 is 45.4 Å². The van der Waals surface area contributed by atoms with Gasteiger partial charge in [0.1, 0.15) is 30.5 Å². The summed E-state index contributed by atoms with van der Waals surface area (Å²) in [5.41, 5.74) is 0. The molecule has 1 amide bonds. The molecule has 0 aliphatic carbocycles. The van der Waals surface area contributed by atoms with Gasteiger partial charge in [0.25, 0.3) is 0 Å². The van der Waals surface area contributed by atoms with E-state index in [0.29, 0.717) is 6.42 Å². The molecule has 0 aromatic heterocycles. The average Bonchev–Trinajstić information content (AvgIpc) is 3.14. The minimum absolute atomic E-state index is 0.257. The summed E-state index contributed by atoms with van der Waals surface area (Å²) in [6.45, 7) is 3.59. The van der Waals surface area contributed by atoms with Crippen LogP contribution in [0.1, 0.15) is 200 Å². The summed E-state index contributed by atoms with van der Waals surface area (Å²) in [7, 11) is 0. The summed E-state index contributed by atoms with van der Waals surface area (Å²) < 4.78 is 11.1. The fourth-order valence-electron chi connectivity index (χ4n) is 7.20. The molecule has 1 aliphatic rings. The number of ether oxygens (including phenoxy) is 2. The van der Waals surface area contributed by atoms with E-state index < -0.39 is 55.6 Å². The van der Waals surface area contributed by atoms with Gasteiger partial charge >= 0.3 is 0 Å². The maximum atomic E-state index is 12.9. The van der Waals surface area contributed by atoms with Crippen LogP contribution in [-0.2, 0) is 14.3 Å². The van der Waals surface area contributed by atoms with Crippen LogP contribution in [0, 0.1) is 0 Å². The van der Waals surface area contributed by atoms with Crippen LogP contribution >= 0.6 is 0 Å². The van der Waals surface area contributed by atoms with Crippen molar-refractivity contribution < 1.29 is 44.9 Å². The Morgan fingerprint density at radius 1 is 0.596 bits per heavy atom. The molecule has 10 nitrogen and oxygen atoms in total. The van der Waals surface area contributed by atoms with Crippen LogP contribution in [0.3, 0.4) is 0 Å². The molecule has 1 rings (SSSR count). The number of hydrogen-bond acceptors (Lipinski definition) is 9. The predicted molar refractivity (Wildman–Crippen MR) is 209 cm³/mol. The van der Waals surface area contributed by atoms with Crippen LogP contribution in [0.2, 0.25) is 0 Å². The van der Waals surface area contributed by atoms with Crippen molar-refractivity contribution >= 4 is 5.91 Å². The fourth-order valence-corrected chi connectivity index (χ4v) is 7.20. The van der Waals surface area contributed by atoms with Crippen molar-refractivity contribution in [3.8, 4) is 0 Å². The van der Waals surface area contributed by atoms with Crippen LogP contribution in [0.15, 0.2) is 0 Å². The van der Waals surface area contributed by atoms with Gasteiger partial charge in [0, 0.05) is 6.42 Å². The van der Waals surface area contributed by atoms with Crippen molar-refractivity contribution in [3.05, 3.63) is 0 Å². The normalized spacial score (nSPS) is 22.3. The first kappa shape index (κ1) is 49.2. The zero-order valence-electron chi connectivity index (χ0n) is 33.4. The van der Waals surface area contributed by atoms with Crippen molar-refractivity contribution in [1.29, 1.82) is 0 Å². The van der Waals surface area contributed by atoms with Crippen molar-refractivity contribution in [2.24, 2.45) is 0 Å². The molecule has 1 fully saturated rings. The topological polar surface area (TPSA) is 169 Å². The van der Waals surface area contributed by atoms with Gasteiger partial charge in [0.05, 0.1) is 25.4 Å². The minimum atomic E-state index is -1.60. The van der Waals surface area contributed by atoms with E-state index >= 15 is 0 Å². The largest absolute Gasteiger partial charge is 0.394 e. The SMILES string of the molecule is CCCCCCCCCCCCCCCCCC[C@@H](O)[C@@H](O)[C@H](CO[C@@H]1O[C@H](CO)[C@H](O)C(O)C1O)NC(=O)CCCCCCCCCCCCC. The third-order valence-corrected chi connectivity index (χ3v) is 10.8. The smallest absolute Gasteiger partial charge is 0.220 e. The average molecular weight is 746 g/mol. The van der Waals surface area contributed by atoms with Gasteiger partial charge in [-0.2, -0.15) is 0 Å². The molecule has 7 N–H and O–H groups in total. The quantitative estimate of drug-likeness (QED) is 0.0324. The van der Waals surface area contributed by atoms with E-state index in [9.17, 15) is 35.4 Å². The van der Waals surface area contributed by atoms with Crippen molar-refractivity contribution in [2.75, 3.05) is 13.2 Å². The molecule has 0 spiro atoms. The number of amides is 1. The second kappa shape index (κ2) is 33.5. The Labute approximate surface area is 317 Å². The molecule has 1 heterocycles. The van der Waals surface area contributed by atoms with Crippen LogP contribution < -0.4 is 5.32 Å². The lowest BCUT2D eigenvalue weighted by Crippen LogP contribution is -2.60. The standard InChI is InChI=1S/C42H83NO9/c1-3-5-7-9-11-13-15-16-17-18-19-21-22-24-26-28-30-35(45)38(47)34(33-51-42-41(50)40(49)39(48)36(32-44)52-42)43-37(46)31-29-27-25-23-20-14-12-10-8-6-4-2/h34-36,38-42,44-45,47-50H,3-33H2,1-2H3,(H,43,46)/t34-,35+,36+,38-,39-,40?,41?,42+/m0/s1. The molecule has 2 unspecified atom stereocenters. The van der Waals surface area contributed by atoms with Gasteiger partial charge in [-0.25, -0.2) is 0 Å². The Bertz CT molecular complexity index is 803. The molecule has 0 aromatic rings. The first-order chi connectivity index (χ1) is 25.3. The first-order valence-corrected chi connectivity index (χ1v) is 21.8. The molecule has 0 saturated carbocycles. The molecule has 10 heteroatoms. The maximum Gasteiger partial charge on any atom is 0.220 e. The van der Waals surface area contributed by atoms with Crippen LogP contribution in [0.5, 0.6) is 0 Å². The van der Waals surface area contributed by atoms with Gasteiger partial charge in [-0.05, 0) is 12.8 Å². The number of aliphatic hydroxyl groups excluding tert-OH is 6. The monoisotopic (exact) mass is 746 g/mol. The lowest BCUT2D eigenvalue weighted by atomic mass is 9.98. The van der Waals surface area contributed by atoms with E-state index in [1.54, 1.807) is 0 Å². The molecule has 310 valence electrons. The summed E-state index contributed by atoms with van der Waals surface area (Å²) in [6.07, 6.45) is 23.9. The van der Waals surface area contributed by atoms with Gasteiger partial charge in [0.15, 0.2) is 6.29 Å². The number of hydrogen-bond donors (Lipinski definition) is 7. The van der Waals surface area contributed by atoms with Crippen LogP contribution in [0.25, 0.3) is 0 Å². The van der Waals surface area contributed by atoms with E-state index in [-0.39, 0.29) is 18.9 Å². The molecule has 0 aromatic carbocycles. The van der Waals surface area contributed by atoms with Gasteiger partial charge in [-0.3, -0.25) is 4.79 Å². The number of carbonyl (C=O) groups excluding carboxylic acids is 1. The number of unbranched alkanes of at least 4 members (excludes halogenated alkanes) is 25. The highest BCUT2D eigenvalue weighted by Gasteiger charge is 2.44. The van der Waals surface area contributed by atoms with E-state index in [1.165, 1.54) is 128 Å². The third kappa shape index (κ3) is 23.8. The highest BCUT2D eigenvalue weighted by molar-refractivity contribution is 5.76. The van der Waals surface area contributed by atoms with E-state index in [4.69, 9.17) is 9.47 Å². The molecule has 0 radical (unpaired) electrons. The highest BCUT2D eigenvalue weighted by Crippen LogP contribution is 2.23. The van der Waals surface area contributed by atoms with Crippen molar-refractivity contribution in [3.63, 3.8) is 0 Å². The maximum absolute atomic E-state index is 12.9. The fraction of sp³-hybridized carbons (Fsp3) is 0.976. The zero-order chi connectivity index (χ0) is 38.2. The molecular formula is C42H83NO9. The zero-order valence-corrected chi connectivity index (χ0v) is 33.4. The highest BCUT2D eigenvalue weighted by atomic mass is 16.7. The van der Waals surface area contributed by atoms with Gasteiger partial charge in [0.2, 0.25) is 5.91 Å². The van der Waals surface area contributed by atoms with Crippen molar-refractivity contribution in [1.82, 2.24) is 5.32 Å². The summed E-state index contributed by atoms with van der Waals surface area (Å²) >= 11 is 0. The Morgan fingerprint density at radius 3 is 1.42 bits per heavy atom. The molecule has 8 atom stereocenters. The predicted octanol–water partition coefficient (Wildman–Crippen LogP) is 7.36. The second-order valence-corrected chi connectivity index (χ2v) is 15.6. The van der Waals surface area contributed by atoms with Gasteiger partial charge in [-0.15, -0.1) is 0 Å². The van der Waals surface area contributed by atoms with Crippen molar-refractivity contribution in [2.45, 2.75) is 249 Å². The van der Waals surface area contributed by atoms with Gasteiger partial charge in [-0.1, -0.05) is 181 Å². The molecule has 0 bridgehead atoms. The number of rotatable bonds is 36. The molecule has 52 heavy (non-hydrogen) atoms. The Kier molecular flexibility index (Phi) is 31.7. The second-order valence-electron chi connectivity index (χ2n) is 15.6. The lowest BCUT2D eigenvalue weighted by molar-refractivity contribution is -0.303. The summed E-state index contributed by atoms with van der Waals surface area (Å²) in [5.74, 6) is -0.257. The summed E-state index contributed by atoms with van der Waals surface area (Å²) in [6, 6.07) is -0.983. The first-order valence-electron chi connectivity index (χ1n) is 21.8. The number of carbonyl (C=O) groups is 1. The molecular weight excluding hydrogens is 662 g/mol. The lowest BCUT2D eigenvalue weighted by Gasteiger charge is -2.40. The molecule has 1 aliphatic heterocycles. The third-order valence-electron chi connectivity index (χ3n) is 10.8. The van der Waals surface area contributed by atoms with E-state index in [0.717, 1.165) is 44.9 Å². The Morgan fingerprint density at radius 2 is 1.00 bits per heavy atom. The molecule has 1 saturated heterocycles. The Hall–Kier alpha value is -0.850. The number of aliphatic hydroxyl groups is 6. The minimum Gasteiger partial charge on any atom is -0.394 e. The van der Waals surface area contributed by atoms with Crippen LogP contribution in [-0.4, -0.2) is 98.7 Å². The van der Waals surface area contributed by atoms with Crippen LogP contribution in [0.4, 0.5) is 0 Å².